The second-order valence-electron chi connectivity index (χ2n) is 5.25. The minimum atomic E-state index is 0.459. The third-order valence-corrected chi connectivity index (χ3v) is 3.17. The van der Waals surface area contributed by atoms with Gasteiger partial charge in [-0.25, -0.2) is 4.98 Å². The standard InChI is InChI=1S/C13H21N3/c1-4-6-14-12-8-10(5-7-15-12)16-11-9-13(11,2)3/h5,7-8,11H,4,6,9H2,1-3H3,(H2,14,15,16). The summed E-state index contributed by atoms with van der Waals surface area (Å²) in [6, 6.07) is 4.74. The molecule has 2 N–H and O–H groups in total. The van der Waals surface area contributed by atoms with Gasteiger partial charge in [0.1, 0.15) is 5.82 Å². The summed E-state index contributed by atoms with van der Waals surface area (Å²) in [7, 11) is 0. The van der Waals surface area contributed by atoms with E-state index in [1.165, 1.54) is 12.1 Å². The predicted octanol–water partition coefficient (Wildman–Crippen LogP) is 3.11. The number of rotatable bonds is 5. The van der Waals surface area contributed by atoms with E-state index in [9.17, 15) is 0 Å². The molecule has 16 heavy (non-hydrogen) atoms. The van der Waals surface area contributed by atoms with E-state index in [-0.39, 0.29) is 0 Å². The van der Waals surface area contributed by atoms with Crippen molar-refractivity contribution < 1.29 is 0 Å². The van der Waals surface area contributed by atoms with Crippen molar-refractivity contribution in [3.8, 4) is 0 Å². The molecule has 0 aliphatic heterocycles. The molecule has 0 aromatic carbocycles. The maximum absolute atomic E-state index is 4.29. The zero-order chi connectivity index (χ0) is 11.6. The average Bonchev–Trinajstić information content (AvgIpc) is 2.83. The first kappa shape index (κ1) is 11.2. The molecular weight excluding hydrogens is 198 g/mol. The van der Waals surface area contributed by atoms with Gasteiger partial charge in [0.2, 0.25) is 0 Å². The summed E-state index contributed by atoms with van der Waals surface area (Å²) in [6.07, 6.45) is 4.23. The molecule has 88 valence electrons. The topological polar surface area (TPSA) is 37.0 Å². The molecule has 2 rings (SSSR count). The molecule has 3 nitrogen and oxygen atoms in total. The largest absolute Gasteiger partial charge is 0.382 e. The van der Waals surface area contributed by atoms with Crippen LogP contribution in [0.25, 0.3) is 0 Å². The van der Waals surface area contributed by atoms with E-state index < -0.39 is 0 Å². The molecule has 0 saturated heterocycles. The van der Waals surface area contributed by atoms with Crippen molar-refractivity contribution in [1.82, 2.24) is 4.98 Å². The Bertz CT molecular complexity index is 360. The molecule has 0 bridgehead atoms. The summed E-state index contributed by atoms with van der Waals surface area (Å²) in [4.78, 5) is 4.29. The Hall–Kier alpha value is -1.25. The van der Waals surface area contributed by atoms with Crippen LogP contribution in [-0.2, 0) is 0 Å². The zero-order valence-electron chi connectivity index (χ0n) is 10.4. The quantitative estimate of drug-likeness (QED) is 0.799. The molecule has 0 radical (unpaired) electrons. The van der Waals surface area contributed by atoms with Crippen molar-refractivity contribution in [3.05, 3.63) is 18.3 Å². The summed E-state index contributed by atoms with van der Waals surface area (Å²) >= 11 is 0. The molecule has 1 aromatic heterocycles. The van der Waals surface area contributed by atoms with E-state index >= 15 is 0 Å². The fourth-order valence-electron chi connectivity index (χ4n) is 1.78. The number of pyridine rings is 1. The summed E-state index contributed by atoms with van der Waals surface area (Å²) in [5.41, 5.74) is 1.63. The fourth-order valence-corrected chi connectivity index (χ4v) is 1.78. The molecule has 1 aromatic rings. The van der Waals surface area contributed by atoms with Gasteiger partial charge < -0.3 is 10.6 Å². The Labute approximate surface area is 97.7 Å². The third kappa shape index (κ3) is 2.65. The molecule has 1 aliphatic carbocycles. The van der Waals surface area contributed by atoms with Gasteiger partial charge in [-0.3, -0.25) is 0 Å². The lowest BCUT2D eigenvalue weighted by Gasteiger charge is -2.10. The average molecular weight is 219 g/mol. The Morgan fingerprint density at radius 3 is 2.88 bits per heavy atom. The van der Waals surface area contributed by atoms with Gasteiger partial charge >= 0.3 is 0 Å². The molecule has 1 fully saturated rings. The van der Waals surface area contributed by atoms with Crippen LogP contribution in [0.4, 0.5) is 11.5 Å². The summed E-state index contributed by atoms with van der Waals surface area (Å²) < 4.78 is 0. The molecular formula is C13H21N3. The van der Waals surface area contributed by atoms with E-state index in [4.69, 9.17) is 0 Å². The molecule has 3 heteroatoms. The van der Waals surface area contributed by atoms with Crippen LogP contribution in [0.2, 0.25) is 0 Å². The van der Waals surface area contributed by atoms with Crippen LogP contribution in [0.1, 0.15) is 33.6 Å². The number of anilines is 2. The van der Waals surface area contributed by atoms with E-state index in [1.807, 2.05) is 12.3 Å². The molecule has 1 heterocycles. The SMILES string of the molecule is CCCNc1cc(NC2CC2(C)C)ccn1. The first-order chi connectivity index (χ1) is 7.62. The molecule has 0 amide bonds. The van der Waals surface area contributed by atoms with Gasteiger partial charge in [-0.1, -0.05) is 20.8 Å². The van der Waals surface area contributed by atoms with E-state index in [2.05, 4.69) is 42.5 Å². The van der Waals surface area contributed by atoms with Gasteiger partial charge in [0.05, 0.1) is 0 Å². The molecule has 1 unspecified atom stereocenters. The maximum Gasteiger partial charge on any atom is 0.127 e. The maximum atomic E-state index is 4.29. The lowest BCUT2D eigenvalue weighted by Crippen LogP contribution is -2.09. The van der Waals surface area contributed by atoms with Crippen LogP contribution in [-0.4, -0.2) is 17.6 Å². The molecule has 0 spiro atoms. The van der Waals surface area contributed by atoms with Gasteiger partial charge in [0.25, 0.3) is 0 Å². The van der Waals surface area contributed by atoms with Gasteiger partial charge in [0.15, 0.2) is 0 Å². The van der Waals surface area contributed by atoms with Crippen LogP contribution in [0.3, 0.4) is 0 Å². The van der Waals surface area contributed by atoms with Gasteiger partial charge in [-0.2, -0.15) is 0 Å². The van der Waals surface area contributed by atoms with Gasteiger partial charge in [0, 0.05) is 30.5 Å². The Morgan fingerprint density at radius 2 is 2.25 bits per heavy atom. The van der Waals surface area contributed by atoms with E-state index in [0.717, 1.165) is 18.8 Å². The van der Waals surface area contributed by atoms with Crippen LogP contribution in [0.15, 0.2) is 18.3 Å². The van der Waals surface area contributed by atoms with Crippen molar-refractivity contribution in [1.29, 1.82) is 0 Å². The highest BCUT2D eigenvalue weighted by molar-refractivity contribution is 5.53. The van der Waals surface area contributed by atoms with Crippen molar-refractivity contribution in [2.45, 2.75) is 39.7 Å². The number of hydrogen-bond donors (Lipinski definition) is 2. The Balaban J connectivity index is 1.94. The fraction of sp³-hybridized carbons (Fsp3) is 0.615. The Morgan fingerprint density at radius 1 is 1.50 bits per heavy atom. The lowest BCUT2D eigenvalue weighted by molar-refractivity contribution is 0.630. The minimum Gasteiger partial charge on any atom is -0.382 e. The Kier molecular flexibility index (Phi) is 3.03. The molecule has 1 atom stereocenters. The van der Waals surface area contributed by atoms with Crippen molar-refractivity contribution in [2.24, 2.45) is 5.41 Å². The second kappa shape index (κ2) is 4.32. The van der Waals surface area contributed by atoms with E-state index in [1.54, 1.807) is 0 Å². The first-order valence-electron chi connectivity index (χ1n) is 6.08. The van der Waals surface area contributed by atoms with Gasteiger partial charge in [-0.05, 0) is 24.3 Å². The smallest absolute Gasteiger partial charge is 0.127 e. The van der Waals surface area contributed by atoms with Crippen LogP contribution in [0.5, 0.6) is 0 Å². The van der Waals surface area contributed by atoms with Gasteiger partial charge in [-0.15, -0.1) is 0 Å². The number of nitrogens with zero attached hydrogens (tertiary/aromatic N) is 1. The number of hydrogen-bond acceptors (Lipinski definition) is 3. The monoisotopic (exact) mass is 219 g/mol. The first-order valence-corrected chi connectivity index (χ1v) is 6.08. The van der Waals surface area contributed by atoms with Crippen molar-refractivity contribution >= 4 is 11.5 Å². The highest BCUT2D eigenvalue weighted by atomic mass is 15.0. The van der Waals surface area contributed by atoms with E-state index in [0.29, 0.717) is 11.5 Å². The summed E-state index contributed by atoms with van der Waals surface area (Å²) in [6.45, 7) is 7.72. The zero-order valence-corrected chi connectivity index (χ0v) is 10.4. The molecule has 1 saturated carbocycles. The van der Waals surface area contributed by atoms with Crippen molar-refractivity contribution in [3.63, 3.8) is 0 Å². The highest BCUT2D eigenvalue weighted by Gasteiger charge is 2.45. The predicted molar refractivity (Wildman–Crippen MR) is 68.8 cm³/mol. The lowest BCUT2D eigenvalue weighted by atomic mass is 10.2. The summed E-state index contributed by atoms with van der Waals surface area (Å²) in [5, 5.41) is 6.84. The van der Waals surface area contributed by atoms with Crippen molar-refractivity contribution in [2.75, 3.05) is 17.2 Å². The molecule has 1 aliphatic rings. The normalized spacial score (nSPS) is 21.6. The summed E-state index contributed by atoms with van der Waals surface area (Å²) in [5.74, 6) is 0.963. The van der Waals surface area contributed by atoms with Crippen LogP contribution in [0, 0.1) is 5.41 Å². The van der Waals surface area contributed by atoms with Crippen LogP contribution < -0.4 is 10.6 Å². The minimum absolute atomic E-state index is 0.459. The number of aromatic nitrogens is 1. The third-order valence-electron chi connectivity index (χ3n) is 3.17. The highest BCUT2D eigenvalue weighted by Crippen LogP contribution is 2.46. The number of nitrogens with one attached hydrogen (secondary N) is 2. The van der Waals surface area contributed by atoms with Crippen LogP contribution >= 0.6 is 0 Å². The second-order valence-corrected chi connectivity index (χ2v) is 5.25.